The first-order valence-electron chi connectivity index (χ1n) is 11.9. The Balaban J connectivity index is 0.00000961. The van der Waals surface area contributed by atoms with E-state index in [0.29, 0.717) is 19.8 Å². The van der Waals surface area contributed by atoms with E-state index in [4.69, 9.17) is 18.9 Å². The molecular formula is C22H43NaO8S. The fourth-order valence-electron chi connectivity index (χ4n) is 3.64. The van der Waals surface area contributed by atoms with Gasteiger partial charge >= 0.3 is 29.6 Å². The van der Waals surface area contributed by atoms with Gasteiger partial charge in [-0.15, -0.1) is 0 Å². The van der Waals surface area contributed by atoms with Crippen molar-refractivity contribution in [2.75, 3.05) is 39.6 Å². The fraction of sp³-hybridized carbons (Fsp3) is 1.00. The second kappa shape index (κ2) is 20.0. The molecule has 0 radical (unpaired) electrons. The number of ether oxygens (including phenoxy) is 4. The predicted molar refractivity (Wildman–Crippen MR) is 118 cm³/mol. The van der Waals surface area contributed by atoms with Gasteiger partial charge in [0.05, 0.1) is 39.6 Å². The van der Waals surface area contributed by atoms with Crippen molar-refractivity contribution in [1.82, 2.24) is 0 Å². The van der Waals surface area contributed by atoms with Crippen molar-refractivity contribution in [3.05, 3.63) is 0 Å². The molecule has 1 aliphatic heterocycles. The quantitative estimate of drug-likeness (QED) is 0.103. The first kappa shape index (κ1) is 32.7. The molecule has 1 saturated heterocycles. The van der Waals surface area contributed by atoms with Gasteiger partial charge < -0.3 is 23.5 Å². The van der Waals surface area contributed by atoms with Crippen LogP contribution in [0.15, 0.2) is 0 Å². The van der Waals surface area contributed by atoms with Crippen LogP contribution in [0.2, 0.25) is 0 Å². The van der Waals surface area contributed by atoms with Crippen molar-refractivity contribution in [3.63, 3.8) is 0 Å². The minimum Gasteiger partial charge on any atom is -0.726 e. The number of hydrogen-bond donors (Lipinski definition) is 0. The van der Waals surface area contributed by atoms with E-state index >= 15 is 0 Å². The van der Waals surface area contributed by atoms with Crippen LogP contribution in [-0.4, -0.2) is 64.5 Å². The van der Waals surface area contributed by atoms with Gasteiger partial charge in [0.15, 0.2) is 5.79 Å². The third-order valence-electron chi connectivity index (χ3n) is 5.36. The van der Waals surface area contributed by atoms with Crippen molar-refractivity contribution >= 4 is 10.4 Å². The zero-order valence-corrected chi connectivity index (χ0v) is 23.3. The minimum absolute atomic E-state index is 0. The van der Waals surface area contributed by atoms with Crippen molar-refractivity contribution in [2.45, 2.75) is 103 Å². The van der Waals surface area contributed by atoms with E-state index in [1.807, 2.05) is 6.92 Å². The van der Waals surface area contributed by atoms with Gasteiger partial charge in [-0.05, 0) is 13.3 Å². The molecule has 1 aliphatic rings. The topological polar surface area (TPSA) is 103 Å². The Kier molecular flexibility index (Phi) is 20.4. The first-order chi connectivity index (χ1) is 14.8. The Morgan fingerprint density at radius 3 is 2.00 bits per heavy atom. The van der Waals surface area contributed by atoms with E-state index in [0.717, 1.165) is 12.8 Å². The van der Waals surface area contributed by atoms with Gasteiger partial charge in [-0.3, -0.25) is 4.18 Å². The van der Waals surface area contributed by atoms with Gasteiger partial charge in [0.1, 0.15) is 6.10 Å². The van der Waals surface area contributed by atoms with Gasteiger partial charge in [-0.1, -0.05) is 71.1 Å². The van der Waals surface area contributed by atoms with Gasteiger partial charge in [0, 0.05) is 6.42 Å². The molecular weight excluding hydrogens is 447 g/mol. The smallest absolute Gasteiger partial charge is 0.726 e. The molecule has 1 fully saturated rings. The van der Waals surface area contributed by atoms with Gasteiger partial charge in [0.2, 0.25) is 10.4 Å². The summed E-state index contributed by atoms with van der Waals surface area (Å²) in [5, 5.41) is 0. The summed E-state index contributed by atoms with van der Waals surface area (Å²) >= 11 is 0. The van der Waals surface area contributed by atoms with E-state index in [1.54, 1.807) is 0 Å². The molecule has 0 aromatic carbocycles. The van der Waals surface area contributed by atoms with Crippen LogP contribution in [0.25, 0.3) is 0 Å². The Morgan fingerprint density at radius 1 is 0.875 bits per heavy atom. The van der Waals surface area contributed by atoms with Crippen LogP contribution in [0.3, 0.4) is 0 Å². The molecule has 0 aromatic heterocycles. The summed E-state index contributed by atoms with van der Waals surface area (Å²) in [4.78, 5) is 0. The summed E-state index contributed by atoms with van der Waals surface area (Å²) < 4.78 is 57.3. The van der Waals surface area contributed by atoms with Crippen LogP contribution in [0.1, 0.15) is 90.9 Å². The molecule has 0 aliphatic carbocycles. The predicted octanol–water partition coefficient (Wildman–Crippen LogP) is 1.33. The normalized spacial score (nSPS) is 21.0. The molecule has 2 atom stereocenters. The zero-order valence-electron chi connectivity index (χ0n) is 20.5. The standard InChI is InChI=1S/C22H44O8S.Na/c1-3-4-5-6-7-8-9-10-11-12-13-14-22(2)28-20-21(30-22)19-27-16-15-26-17-18-29-31(23,24)25;/h21H,3-20H2,1-2H3,(H,23,24,25);/q;+1/p-1. The summed E-state index contributed by atoms with van der Waals surface area (Å²) in [6.45, 7) is 5.55. The summed E-state index contributed by atoms with van der Waals surface area (Å²) in [5.41, 5.74) is 0. The molecule has 0 bridgehead atoms. The molecule has 10 heteroatoms. The molecule has 0 aromatic rings. The summed E-state index contributed by atoms with van der Waals surface area (Å²) in [6.07, 6.45) is 15.3. The molecule has 8 nitrogen and oxygen atoms in total. The Hall–Kier alpha value is 0.710. The van der Waals surface area contributed by atoms with Crippen molar-refractivity contribution in [3.8, 4) is 0 Å². The van der Waals surface area contributed by atoms with Crippen LogP contribution in [0.5, 0.6) is 0 Å². The maximum atomic E-state index is 10.3. The minimum atomic E-state index is -4.65. The van der Waals surface area contributed by atoms with Crippen LogP contribution in [0, 0.1) is 0 Å². The zero-order chi connectivity index (χ0) is 22.8. The molecule has 1 heterocycles. The molecule has 1 rings (SSSR count). The average Bonchev–Trinajstić information content (AvgIpc) is 3.08. The molecule has 186 valence electrons. The summed E-state index contributed by atoms with van der Waals surface area (Å²) in [6, 6.07) is 0. The Bertz CT molecular complexity index is 534. The van der Waals surface area contributed by atoms with E-state index in [-0.39, 0.29) is 55.5 Å². The summed E-state index contributed by atoms with van der Waals surface area (Å²) in [7, 11) is -4.65. The van der Waals surface area contributed by atoms with Crippen molar-refractivity contribution in [1.29, 1.82) is 0 Å². The third kappa shape index (κ3) is 19.1. The Morgan fingerprint density at radius 2 is 1.41 bits per heavy atom. The molecule has 2 unspecified atom stereocenters. The van der Waals surface area contributed by atoms with Crippen molar-refractivity contribution in [2.24, 2.45) is 0 Å². The molecule has 0 spiro atoms. The molecule has 0 saturated carbocycles. The Labute approximate surface area is 217 Å². The van der Waals surface area contributed by atoms with Gasteiger partial charge in [-0.25, -0.2) is 8.42 Å². The molecule has 0 N–H and O–H groups in total. The fourth-order valence-corrected chi connectivity index (χ4v) is 3.92. The molecule has 0 amide bonds. The second-order valence-corrected chi connectivity index (χ2v) is 9.44. The first-order valence-corrected chi connectivity index (χ1v) is 13.3. The monoisotopic (exact) mass is 490 g/mol. The maximum Gasteiger partial charge on any atom is 1.00 e. The van der Waals surface area contributed by atoms with Gasteiger partial charge in [0.25, 0.3) is 0 Å². The van der Waals surface area contributed by atoms with E-state index in [1.165, 1.54) is 64.2 Å². The number of hydrogen-bond acceptors (Lipinski definition) is 8. The second-order valence-electron chi connectivity index (χ2n) is 8.39. The van der Waals surface area contributed by atoms with E-state index in [2.05, 4.69) is 11.1 Å². The third-order valence-corrected chi connectivity index (χ3v) is 5.81. The van der Waals surface area contributed by atoms with Crippen LogP contribution in [-0.2, 0) is 33.5 Å². The number of unbranched alkanes of at least 4 members (excludes halogenated alkanes) is 10. The van der Waals surface area contributed by atoms with Crippen molar-refractivity contribution < 1.29 is 65.7 Å². The molecule has 32 heavy (non-hydrogen) atoms. The van der Waals surface area contributed by atoms with E-state index < -0.39 is 16.2 Å². The van der Waals surface area contributed by atoms with E-state index in [9.17, 15) is 13.0 Å². The van der Waals surface area contributed by atoms with Crippen LogP contribution < -0.4 is 29.6 Å². The van der Waals surface area contributed by atoms with Crippen LogP contribution >= 0.6 is 0 Å². The van der Waals surface area contributed by atoms with Gasteiger partial charge in [-0.2, -0.15) is 0 Å². The number of rotatable bonds is 21. The largest absolute Gasteiger partial charge is 1.00 e. The average molecular weight is 491 g/mol. The maximum absolute atomic E-state index is 10.3. The SMILES string of the molecule is CCCCCCCCCCCCCC1(C)OCC(COCCOCCOS(=O)(=O)[O-])O1.[Na+]. The van der Waals surface area contributed by atoms with Crippen LogP contribution in [0.4, 0.5) is 0 Å². The summed E-state index contributed by atoms with van der Waals surface area (Å²) in [5.74, 6) is -0.523.